The van der Waals surface area contributed by atoms with Gasteiger partial charge in [-0.05, 0) is 39.2 Å². The van der Waals surface area contributed by atoms with Crippen LogP contribution in [0.1, 0.15) is 49.6 Å². The highest BCUT2D eigenvalue weighted by Crippen LogP contribution is 2.26. The van der Waals surface area contributed by atoms with Gasteiger partial charge in [-0.15, -0.1) is 0 Å². The number of hydrogen-bond acceptors (Lipinski definition) is 3. The Morgan fingerprint density at radius 1 is 1.45 bits per heavy atom. The van der Waals surface area contributed by atoms with E-state index in [1.54, 1.807) is 16.5 Å². The minimum absolute atomic E-state index is 0.0146. The maximum atomic E-state index is 12.5. The molecule has 0 aliphatic heterocycles. The number of sulfonamides is 1. The number of carbonyl (C=O) groups excluding carboxylic acids is 1. The van der Waals surface area contributed by atoms with Gasteiger partial charge in [-0.3, -0.25) is 4.79 Å². The molecule has 1 aromatic heterocycles. The molecule has 112 valence electrons. The molecule has 6 nitrogen and oxygen atoms in total. The quantitative estimate of drug-likeness (QED) is 0.910. The lowest BCUT2D eigenvalue weighted by Crippen LogP contribution is -2.42. The van der Waals surface area contributed by atoms with Crippen molar-refractivity contribution in [1.82, 2.24) is 9.47 Å². The van der Waals surface area contributed by atoms with Crippen LogP contribution in [-0.2, 0) is 10.0 Å². The highest BCUT2D eigenvalue weighted by atomic mass is 32.2. The van der Waals surface area contributed by atoms with E-state index in [1.807, 2.05) is 13.8 Å². The summed E-state index contributed by atoms with van der Waals surface area (Å²) in [6.45, 7) is 3.79. The molecule has 1 heterocycles. The van der Waals surface area contributed by atoms with E-state index in [2.05, 4.69) is 0 Å². The lowest BCUT2D eigenvalue weighted by molar-refractivity contribution is 0.0639. The summed E-state index contributed by atoms with van der Waals surface area (Å²) < 4.78 is 24.6. The molecule has 1 aliphatic rings. The van der Waals surface area contributed by atoms with Crippen LogP contribution in [0, 0.1) is 0 Å². The molecule has 1 aliphatic carbocycles. The summed E-state index contributed by atoms with van der Waals surface area (Å²) in [6.07, 6.45) is 4.58. The van der Waals surface area contributed by atoms with E-state index in [4.69, 9.17) is 5.14 Å². The lowest BCUT2D eigenvalue weighted by Gasteiger charge is -2.35. The zero-order chi connectivity index (χ0) is 15.1. The summed E-state index contributed by atoms with van der Waals surface area (Å²) in [7, 11) is -2.04. The van der Waals surface area contributed by atoms with Gasteiger partial charge >= 0.3 is 0 Å². The molecule has 0 unspecified atom stereocenters. The summed E-state index contributed by atoms with van der Waals surface area (Å²) in [5, 5.41) is 5.15. The van der Waals surface area contributed by atoms with Gasteiger partial charge in [-0.1, -0.05) is 0 Å². The van der Waals surface area contributed by atoms with Crippen LogP contribution in [0.5, 0.6) is 0 Å². The number of nitrogens with zero attached hydrogens (tertiary/aromatic N) is 2. The number of nitrogens with two attached hydrogens (primary N) is 1. The van der Waals surface area contributed by atoms with Gasteiger partial charge in [0.2, 0.25) is 10.0 Å². The molecule has 1 fully saturated rings. The first-order valence-corrected chi connectivity index (χ1v) is 8.28. The molecule has 0 radical (unpaired) electrons. The molecule has 0 atom stereocenters. The van der Waals surface area contributed by atoms with Gasteiger partial charge in [0.05, 0.1) is 0 Å². The topological polar surface area (TPSA) is 85.4 Å². The van der Waals surface area contributed by atoms with Crippen LogP contribution in [0.4, 0.5) is 0 Å². The van der Waals surface area contributed by atoms with Crippen molar-refractivity contribution in [2.45, 2.75) is 50.1 Å². The van der Waals surface area contributed by atoms with Crippen molar-refractivity contribution in [2.24, 2.45) is 5.14 Å². The highest BCUT2D eigenvalue weighted by Gasteiger charge is 2.29. The van der Waals surface area contributed by atoms with Crippen molar-refractivity contribution < 1.29 is 13.2 Å². The van der Waals surface area contributed by atoms with Crippen LogP contribution in [0.15, 0.2) is 17.2 Å². The maximum absolute atomic E-state index is 12.5. The van der Waals surface area contributed by atoms with E-state index in [9.17, 15) is 13.2 Å². The van der Waals surface area contributed by atoms with Gasteiger partial charge in [0, 0.05) is 25.3 Å². The number of rotatable bonds is 4. The van der Waals surface area contributed by atoms with Crippen molar-refractivity contribution in [3.05, 3.63) is 18.0 Å². The normalized spacial score (nSPS) is 16.2. The fourth-order valence-electron chi connectivity index (χ4n) is 2.33. The first-order valence-electron chi connectivity index (χ1n) is 6.73. The average molecular weight is 299 g/mol. The number of amides is 1. The van der Waals surface area contributed by atoms with Gasteiger partial charge < -0.3 is 9.47 Å². The molecule has 2 N–H and O–H groups in total. The van der Waals surface area contributed by atoms with E-state index in [0.29, 0.717) is 5.69 Å². The van der Waals surface area contributed by atoms with Crippen molar-refractivity contribution in [3.63, 3.8) is 0 Å². The minimum atomic E-state index is -3.80. The van der Waals surface area contributed by atoms with Gasteiger partial charge in [-0.2, -0.15) is 0 Å². The second kappa shape index (κ2) is 5.21. The van der Waals surface area contributed by atoms with Crippen molar-refractivity contribution in [2.75, 3.05) is 7.05 Å². The molecule has 1 saturated carbocycles. The lowest BCUT2D eigenvalue weighted by atomic mass is 9.92. The fourth-order valence-corrected chi connectivity index (χ4v) is 2.87. The Morgan fingerprint density at radius 2 is 2.05 bits per heavy atom. The first-order chi connectivity index (χ1) is 9.21. The van der Waals surface area contributed by atoms with E-state index >= 15 is 0 Å². The van der Waals surface area contributed by atoms with E-state index < -0.39 is 10.0 Å². The van der Waals surface area contributed by atoms with Crippen LogP contribution in [0.3, 0.4) is 0 Å². The second-order valence-corrected chi connectivity index (χ2v) is 7.17. The molecule has 0 bridgehead atoms. The number of primary sulfonamides is 1. The van der Waals surface area contributed by atoms with Gasteiger partial charge in [0.1, 0.15) is 10.6 Å². The van der Waals surface area contributed by atoms with Crippen molar-refractivity contribution in [1.29, 1.82) is 0 Å². The Morgan fingerprint density at radius 3 is 2.45 bits per heavy atom. The van der Waals surface area contributed by atoms with Crippen LogP contribution in [0.2, 0.25) is 0 Å². The largest absolute Gasteiger partial charge is 0.340 e. The Balaban J connectivity index is 2.38. The monoisotopic (exact) mass is 299 g/mol. The predicted molar refractivity (Wildman–Crippen MR) is 75.9 cm³/mol. The van der Waals surface area contributed by atoms with Gasteiger partial charge in [0.15, 0.2) is 0 Å². The Kier molecular flexibility index (Phi) is 3.93. The second-order valence-electron chi connectivity index (χ2n) is 5.61. The smallest absolute Gasteiger partial charge is 0.270 e. The molecule has 7 heteroatoms. The standard InChI is InChI=1S/C13H21N3O3S/c1-9(2)16-8-11(20(14,18)19)7-12(16)13(17)15(3)10-5-4-6-10/h7-10H,4-6H2,1-3H3,(H2,14,18,19). The molecular formula is C13H21N3O3S. The first kappa shape index (κ1) is 15.1. The zero-order valence-electron chi connectivity index (χ0n) is 12.0. The molecule has 0 saturated heterocycles. The van der Waals surface area contributed by atoms with Crippen molar-refractivity contribution in [3.8, 4) is 0 Å². The molecule has 0 spiro atoms. The summed E-state index contributed by atoms with van der Waals surface area (Å²) in [5.41, 5.74) is 0.374. The number of aromatic nitrogens is 1. The third kappa shape index (κ3) is 2.73. The van der Waals surface area contributed by atoms with E-state index in [-0.39, 0.29) is 22.9 Å². The molecule has 1 amide bonds. The third-order valence-electron chi connectivity index (χ3n) is 3.87. The fraction of sp³-hybridized carbons (Fsp3) is 0.615. The van der Waals surface area contributed by atoms with E-state index in [1.165, 1.54) is 12.3 Å². The Hall–Kier alpha value is -1.34. The van der Waals surface area contributed by atoms with E-state index in [0.717, 1.165) is 19.3 Å². The van der Waals surface area contributed by atoms with Crippen LogP contribution >= 0.6 is 0 Å². The highest BCUT2D eigenvalue weighted by molar-refractivity contribution is 7.89. The number of hydrogen-bond donors (Lipinski definition) is 1. The predicted octanol–water partition coefficient (Wildman–Crippen LogP) is 1.34. The van der Waals surface area contributed by atoms with Crippen LogP contribution < -0.4 is 5.14 Å². The SMILES string of the molecule is CC(C)n1cc(S(N)(=O)=O)cc1C(=O)N(C)C1CCC1. The van der Waals surface area contributed by atoms with Gasteiger partial charge in [-0.25, -0.2) is 13.6 Å². The summed E-state index contributed by atoms with van der Waals surface area (Å²) in [5.74, 6) is -0.154. The molecule has 20 heavy (non-hydrogen) atoms. The molecule has 1 aromatic rings. The summed E-state index contributed by atoms with van der Waals surface area (Å²) >= 11 is 0. The van der Waals surface area contributed by atoms with Gasteiger partial charge in [0.25, 0.3) is 5.91 Å². The number of carbonyl (C=O) groups is 1. The molecule has 2 rings (SSSR count). The zero-order valence-corrected chi connectivity index (χ0v) is 12.9. The average Bonchev–Trinajstić information content (AvgIpc) is 2.69. The molecule has 0 aromatic carbocycles. The minimum Gasteiger partial charge on any atom is -0.340 e. The Bertz CT molecular complexity index is 615. The van der Waals surface area contributed by atoms with Crippen LogP contribution in [-0.4, -0.2) is 36.9 Å². The van der Waals surface area contributed by atoms with Crippen LogP contribution in [0.25, 0.3) is 0 Å². The molecular weight excluding hydrogens is 278 g/mol. The third-order valence-corrected chi connectivity index (χ3v) is 4.75. The Labute approximate surface area is 119 Å². The summed E-state index contributed by atoms with van der Waals surface area (Å²) in [4.78, 5) is 14.2. The maximum Gasteiger partial charge on any atom is 0.270 e. The summed E-state index contributed by atoms with van der Waals surface area (Å²) in [6, 6.07) is 1.61. The van der Waals surface area contributed by atoms with Crippen molar-refractivity contribution >= 4 is 15.9 Å².